The number of nitrogen functional groups attached to an aromatic ring is 2. The van der Waals surface area contributed by atoms with Crippen LogP contribution in [0.5, 0.6) is 0 Å². The van der Waals surface area contributed by atoms with Crippen molar-refractivity contribution in [2.75, 3.05) is 37.7 Å². The first-order valence-corrected chi connectivity index (χ1v) is 10.9. The van der Waals surface area contributed by atoms with E-state index >= 15 is 0 Å². The number of likely N-dealkylation sites (tertiary alicyclic amines) is 1. The average Bonchev–Trinajstić information content (AvgIpc) is 3.13. The van der Waals surface area contributed by atoms with Crippen LogP contribution in [0.2, 0.25) is 0 Å². The molecule has 2 fully saturated rings. The van der Waals surface area contributed by atoms with E-state index in [-0.39, 0.29) is 10.8 Å². The molecule has 2 heterocycles. The third-order valence-corrected chi connectivity index (χ3v) is 7.54. The Morgan fingerprint density at radius 3 is 2.03 bits per heavy atom. The summed E-state index contributed by atoms with van der Waals surface area (Å²) in [6, 6.07) is 13.0. The van der Waals surface area contributed by atoms with E-state index in [4.69, 9.17) is 16.2 Å². The summed E-state index contributed by atoms with van der Waals surface area (Å²) >= 11 is 0. The van der Waals surface area contributed by atoms with Gasteiger partial charge < -0.3 is 21.1 Å². The summed E-state index contributed by atoms with van der Waals surface area (Å²) in [6.07, 6.45) is 0.837. The van der Waals surface area contributed by atoms with Gasteiger partial charge in [0.25, 0.3) is 5.91 Å². The van der Waals surface area contributed by atoms with Crippen molar-refractivity contribution in [3.05, 3.63) is 54.1 Å². The third kappa shape index (κ3) is 3.57. The Morgan fingerprint density at radius 2 is 1.45 bits per heavy atom. The van der Waals surface area contributed by atoms with Crippen LogP contribution in [0.3, 0.4) is 0 Å². The largest absolute Gasteiger partial charge is 0.399 e. The lowest BCUT2D eigenvalue weighted by Gasteiger charge is -2.42. The Bertz CT molecular complexity index is 998. The second-order valence-electron chi connectivity index (χ2n) is 7.36. The van der Waals surface area contributed by atoms with Crippen LogP contribution in [0, 0.1) is 0 Å². The number of sulfonamides is 1. The fourth-order valence-electron chi connectivity index (χ4n) is 3.96. The van der Waals surface area contributed by atoms with Crippen molar-refractivity contribution in [1.82, 2.24) is 9.21 Å². The molecule has 8 nitrogen and oxygen atoms in total. The third-order valence-electron chi connectivity index (χ3n) is 5.58. The number of nitrogens with zero attached hydrogens (tertiary/aromatic N) is 2. The van der Waals surface area contributed by atoms with E-state index in [1.807, 2.05) is 0 Å². The molecule has 29 heavy (non-hydrogen) atoms. The van der Waals surface area contributed by atoms with Gasteiger partial charge in [-0.3, -0.25) is 4.79 Å². The number of nitrogens with two attached hydrogens (primary N) is 2. The molecule has 154 valence electrons. The molecule has 2 aliphatic heterocycles. The van der Waals surface area contributed by atoms with E-state index < -0.39 is 15.7 Å². The summed E-state index contributed by atoms with van der Waals surface area (Å²) in [4.78, 5) is 14.7. The summed E-state index contributed by atoms with van der Waals surface area (Å²) in [7, 11) is -3.72. The number of anilines is 2. The SMILES string of the molecule is Nc1ccc(C(=O)N2CCC3(CC2)OCCN3S(=O)(=O)c2ccc(N)cc2)cc1. The summed E-state index contributed by atoms with van der Waals surface area (Å²) in [5.74, 6) is -0.0919. The summed E-state index contributed by atoms with van der Waals surface area (Å²) in [6.45, 7) is 1.45. The standard InChI is InChI=1S/C20H24N4O4S/c21-16-3-1-15(2-4-16)19(25)23-11-9-20(10-12-23)24(13-14-28-20)29(26,27)18-7-5-17(22)6-8-18/h1-8H,9-14,21-22H2. The highest BCUT2D eigenvalue weighted by Crippen LogP contribution is 2.38. The van der Waals surface area contributed by atoms with Crippen molar-refractivity contribution in [3.8, 4) is 0 Å². The highest BCUT2D eigenvalue weighted by molar-refractivity contribution is 7.89. The second kappa shape index (κ2) is 7.33. The second-order valence-corrected chi connectivity index (χ2v) is 9.22. The number of ether oxygens (including phenoxy) is 1. The Kier molecular flexibility index (Phi) is 4.97. The van der Waals surface area contributed by atoms with E-state index in [1.54, 1.807) is 41.3 Å². The van der Waals surface area contributed by atoms with Crippen LogP contribution in [-0.2, 0) is 14.8 Å². The van der Waals surface area contributed by atoms with E-state index in [0.717, 1.165) is 0 Å². The maximum Gasteiger partial charge on any atom is 0.253 e. The van der Waals surface area contributed by atoms with Crippen LogP contribution >= 0.6 is 0 Å². The molecular weight excluding hydrogens is 392 g/mol. The molecule has 2 aromatic rings. The number of hydrogen-bond donors (Lipinski definition) is 2. The molecule has 4 rings (SSSR count). The minimum Gasteiger partial charge on any atom is -0.399 e. The van der Waals surface area contributed by atoms with E-state index in [2.05, 4.69) is 0 Å². The molecule has 0 aromatic heterocycles. The monoisotopic (exact) mass is 416 g/mol. The smallest absolute Gasteiger partial charge is 0.253 e. The van der Waals surface area contributed by atoms with Crippen LogP contribution in [-0.4, -0.2) is 55.5 Å². The lowest BCUT2D eigenvalue weighted by Crippen LogP contribution is -2.55. The maximum absolute atomic E-state index is 13.2. The van der Waals surface area contributed by atoms with Gasteiger partial charge in [-0.15, -0.1) is 0 Å². The Morgan fingerprint density at radius 1 is 0.897 bits per heavy atom. The van der Waals surface area contributed by atoms with Gasteiger partial charge in [-0.25, -0.2) is 8.42 Å². The molecule has 0 atom stereocenters. The summed E-state index contributed by atoms with van der Waals surface area (Å²) in [5, 5.41) is 0. The molecular formula is C20H24N4O4S. The van der Waals surface area contributed by atoms with Crippen molar-refractivity contribution >= 4 is 27.3 Å². The Balaban J connectivity index is 1.51. The highest BCUT2D eigenvalue weighted by atomic mass is 32.2. The molecule has 0 unspecified atom stereocenters. The van der Waals surface area contributed by atoms with Crippen molar-refractivity contribution in [2.24, 2.45) is 0 Å². The first kappa shape index (κ1) is 19.7. The van der Waals surface area contributed by atoms with Gasteiger partial charge in [-0.2, -0.15) is 4.31 Å². The lowest BCUT2D eigenvalue weighted by atomic mass is 10.00. The van der Waals surface area contributed by atoms with Crippen molar-refractivity contribution in [1.29, 1.82) is 0 Å². The van der Waals surface area contributed by atoms with E-state index in [0.29, 0.717) is 56.0 Å². The van der Waals surface area contributed by atoms with Crippen LogP contribution in [0.1, 0.15) is 23.2 Å². The summed E-state index contributed by atoms with van der Waals surface area (Å²) < 4.78 is 33.8. The normalized spacial score (nSPS) is 19.5. The molecule has 0 saturated carbocycles. The molecule has 1 spiro atoms. The first-order chi connectivity index (χ1) is 13.8. The molecule has 0 radical (unpaired) electrons. The lowest BCUT2D eigenvalue weighted by molar-refractivity contribution is -0.0857. The minimum absolute atomic E-state index is 0.0919. The fourth-order valence-corrected chi connectivity index (χ4v) is 5.68. The predicted octanol–water partition coefficient (Wildman–Crippen LogP) is 1.50. The molecule has 2 aliphatic rings. The van der Waals surface area contributed by atoms with Crippen LogP contribution in [0.4, 0.5) is 11.4 Å². The molecule has 2 aromatic carbocycles. The van der Waals surface area contributed by atoms with Gasteiger partial charge in [-0.1, -0.05) is 0 Å². The number of amides is 1. The predicted molar refractivity (Wildman–Crippen MR) is 109 cm³/mol. The molecule has 4 N–H and O–H groups in total. The van der Waals surface area contributed by atoms with Gasteiger partial charge in [0.05, 0.1) is 11.5 Å². The highest BCUT2D eigenvalue weighted by Gasteiger charge is 2.51. The zero-order valence-corrected chi connectivity index (χ0v) is 16.8. The molecule has 1 amide bonds. The van der Waals surface area contributed by atoms with Crippen LogP contribution in [0.25, 0.3) is 0 Å². The number of piperidine rings is 1. The van der Waals surface area contributed by atoms with Crippen LogP contribution in [0.15, 0.2) is 53.4 Å². The number of rotatable bonds is 3. The van der Waals surface area contributed by atoms with Gasteiger partial charge in [0.2, 0.25) is 10.0 Å². The van der Waals surface area contributed by atoms with Gasteiger partial charge in [-0.05, 0) is 48.5 Å². The van der Waals surface area contributed by atoms with Gasteiger partial charge >= 0.3 is 0 Å². The van der Waals surface area contributed by atoms with Crippen molar-refractivity contribution in [2.45, 2.75) is 23.5 Å². The van der Waals surface area contributed by atoms with Crippen molar-refractivity contribution in [3.63, 3.8) is 0 Å². The van der Waals surface area contributed by atoms with Gasteiger partial charge in [0.1, 0.15) is 5.72 Å². The topological polar surface area (TPSA) is 119 Å². The summed E-state index contributed by atoms with van der Waals surface area (Å²) in [5.41, 5.74) is 12.1. The fraction of sp³-hybridized carbons (Fsp3) is 0.350. The quantitative estimate of drug-likeness (QED) is 0.732. The number of carbonyl (C=O) groups is 1. The first-order valence-electron chi connectivity index (χ1n) is 9.49. The average molecular weight is 417 g/mol. The number of hydrogen-bond acceptors (Lipinski definition) is 6. The van der Waals surface area contributed by atoms with E-state index in [1.165, 1.54) is 16.4 Å². The molecule has 0 aliphatic carbocycles. The zero-order valence-electron chi connectivity index (χ0n) is 16.0. The Hall–Kier alpha value is -2.62. The maximum atomic E-state index is 13.2. The minimum atomic E-state index is -3.72. The van der Waals surface area contributed by atoms with E-state index in [9.17, 15) is 13.2 Å². The molecule has 2 saturated heterocycles. The molecule has 0 bridgehead atoms. The zero-order chi connectivity index (χ0) is 20.6. The van der Waals surface area contributed by atoms with Gasteiger partial charge in [0.15, 0.2) is 0 Å². The van der Waals surface area contributed by atoms with Gasteiger partial charge in [0, 0.05) is 49.4 Å². The number of carbonyl (C=O) groups excluding carboxylic acids is 1. The van der Waals surface area contributed by atoms with Crippen molar-refractivity contribution < 1.29 is 17.9 Å². The van der Waals surface area contributed by atoms with Crippen LogP contribution < -0.4 is 11.5 Å². The Labute approximate surface area is 170 Å². The molecule has 9 heteroatoms. The number of benzene rings is 2.